The fraction of sp³-hybridized carbons (Fsp3) is 0.565. The third-order valence-electron chi connectivity index (χ3n) is 5.39. The molecule has 160 valence electrons. The molecule has 1 aromatic heterocycles. The highest BCUT2D eigenvalue weighted by molar-refractivity contribution is 5.79. The van der Waals surface area contributed by atoms with E-state index in [1.165, 1.54) is 11.1 Å². The topological polar surface area (TPSA) is 65.7 Å². The van der Waals surface area contributed by atoms with Gasteiger partial charge in [-0.25, -0.2) is 0 Å². The number of guanidine groups is 1. The van der Waals surface area contributed by atoms with Gasteiger partial charge >= 0.3 is 0 Å². The van der Waals surface area contributed by atoms with Crippen LogP contribution in [0.25, 0.3) is 0 Å². The summed E-state index contributed by atoms with van der Waals surface area (Å²) in [5.41, 5.74) is 3.62. The van der Waals surface area contributed by atoms with Gasteiger partial charge in [-0.15, -0.1) is 0 Å². The zero-order chi connectivity index (χ0) is 21.1. The number of rotatable bonds is 11. The van der Waals surface area contributed by atoms with Gasteiger partial charge in [0.2, 0.25) is 0 Å². The van der Waals surface area contributed by atoms with Gasteiger partial charge in [-0.3, -0.25) is 9.89 Å². The van der Waals surface area contributed by atoms with Crippen LogP contribution < -0.4 is 10.6 Å². The molecule has 0 amide bonds. The number of benzene rings is 1. The van der Waals surface area contributed by atoms with Gasteiger partial charge < -0.3 is 15.2 Å². The SMILES string of the molecule is CCC(CC)c1cc(CNC(=NC)NCc2cccc(CN(CC)CC)c2)on1. The third kappa shape index (κ3) is 7.20. The molecule has 2 rings (SSSR count). The Hall–Kier alpha value is -2.34. The number of hydrogen-bond acceptors (Lipinski definition) is 4. The summed E-state index contributed by atoms with van der Waals surface area (Å²) >= 11 is 0. The minimum absolute atomic E-state index is 0.466. The van der Waals surface area contributed by atoms with Crippen LogP contribution in [0.5, 0.6) is 0 Å². The monoisotopic (exact) mass is 399 g/mol. The Kier molecular flexibility index (Phi) is 9.71. The minimum Gasteiger partial charge on any atom is -0.359 e. The first-order valence-electron chi connectivity index (χ1n) is 10.8. The lowest BCUT2D eigenvalue weighted by Crippen LogP contribution is -2.36. The van der Waals surface area contributed by atoms with Crippen molar-refractivity contribution in [3.63, 3.8) is 0 Å². The Morgan fingerprint density at radius 2 is 1.72 bits per heavy atom. The van der Waals surface area contributed by atoms with Crippen LogP contribution in [0, 0.1) is 0 Å². The first-order valence-corrected chi connectivity index (χ1v) is 10.8. The Morgan fingerprint density at radius 3 is 2.38 bits per heavy atom. The molecule has 0 aliphatic carbocycles. The standard InChI is InChI=1S/C23H37N5O/c1-6-20(7-2)22-14-21(29-27-22)16-26-23(24-5)25-15-18-11-10-12-19(13-18)17-28(8-3)9-4/h10-14,20H,6-9,15-17H2,1-5H3,(H2,24,25,26). The molecule has 1 aromatic carbocycles. The van der Waals surface area contributed by atoms with Gasteiger partial charge in [-0.1, -0.05) is 57.1 Å². The number of nitrogens with zero attached hydrogens (tertiary/aromatic N) is 3. The Bertz CT molecular complexity index is 747. The van der Waals surface area contributed by atoms with E-state index in [4.69, 9.17) is 4.52 Å². The van der Waals surface area contributed by atoms with E-state index in [9.17, 15) is 0 Å². The van der Waals surface area contributed by atoms with Crippen LogP contribution in [-0.2, 0) is 19.6 Å². The second kappa shape index (κ2) is 12.3. The molecule has 6 nitrogen and oxygen atoms in total. The molecular weight excluding hydrogens is 362 g/mol. The Labute approximate surface area is 175 Å². The van der Waals surface area contributed by atoms with Gasteiger partial charge in [0.05, 0.1) is 12.2 Å². The maximum absolute atomic E-state index is 5.48. The molecular formula is C23H37N5O. The molecule has 29 heavy (non-hydrogen) atoms. The van der Waals surface area contributed by atoms with Gasteiger partial charge in [-0.05, 0) is 37.1 Å². The summed E-state index contributed by atoms with van der Waals surface area (Å²) < 4.78 is 5.48. The van der Waals surface area contributed by atoms with Crippen molar-refractivity contribution in [3.05, 3.63) is 52.9 Å². The van der Waals surface area contributed by atoms with Crippen molar-refractivity contribution in [1.29, 1.82) is 0 Å². The molecule has 0 bridgehead atoms. The molecule has 2 aromatic rings. The van der Waals surface area contributed by atoms with E-state index >= 15 is 0 Å². The molecule has 0 spiro atoms. The van der Waals surface area contributed by atoms with E-state index in [1.807, 2.05) is 0 Å². The molecule has 0 fully saturated rings. The van der Waals surface area contributed by atoms with Gasteiger partial charge in [0.15, 0.2) is 11.7 Å². The highest BCUT2D eigenvalue weighted by Crippen LogP contribution is 2.22. The summed E-state index contributed by atoms with van der Waals surface area (Å²) in [6.45, 7) is 13.2. The third-order valence-corrected chi connectivity index (χ3v) is 5.39. The van der Waals surface area contributed by atoms with Crippen molar-refractivity contribution < 1.29 is 4.52 Å². The van der Waals surface area contributed by atoms with Gasteiger partial charge in [-0.2, -0.15) is 0 Å². The van der Waals surface area contributed by atoms with Crippen molar-refractivity contribution in [2.75, 3.05) is 20.1 Å². The zero-order valence-corrected chi connectivity index (χ0v) is 18.7. The number of aliphatic imine (C=N–C) groups is 1. The van der Waals surface area contributed by atoms with Gasteiger partial charge in [0.25, 0.3) is 0 Å². The Morgan fingerprint density at radius 1 is 1.03 bits per heavy atom. The summed E-state index contributed by atoms with van der Waals surface area (Å²) in [6.07, 6.45) is 2.15. The highest BCUT2D eigenvalue weighted by Gasteiger charge is 2.13. The molecule has 0 saturated heterocycles. The number of nitrogens with one attached hydrogen (secondary N) is 2. The van der Waals surface area contributed by atoms with E-state index in [0.717, 1.165) is 56.4 Å². The lowest BCUT2D eigenvalue weighted by molar-refractivity contribution is 0.296. The van der Waals surface area contributed by atoms with Gasteiger partial charge in [0.1, 0.15) is 0 Å². The summed E-state index contributed by atoms with van der Waals surface area (Å²) in [7, 11) is 1.78. The summed E-state index contributed by atoms with van der Waals surface area (Å²) in [4.78, 5) is 6.73. The molecule has 0 unspecified atom stereocenters. The maximum atomic E-state index is 5.48. The van der Waals surface area contributed by atoms with Crippen molar-refractivity contribution in [1.82, 2.24) is 20.7 Å². The lowest BCUT2D eigenvalue weighted by Gasteiger charge is -2.18. The molecule has 1 heterocycles. The molecule has 2 N–H and O–H groups in total. The molecule has 0 aliphatic rings. The first-order chi connectivity index (χ1) is 14.1. The second-order valence-corrected chi connectivity index (χ2v) is 7.29. The smallest absolute Gasteiger partial charge is 0.191 e. The first kappa shape index (κ1) is 22.9. The summed E-state index contributed by atoms with van der Waals surface area (Å²) in [5, 5.41) is 10.9. The minimum atomic E-state index is 0.466. The van der Waals surface area contributed by atoms with Crippen molar-refractivity contribution in [3.8, 4) is 0 Å². The van der Waals surface area contributed by atoms with E-state index in [2.05, 4.69) is 83.7 Å². The average molecular weight is 400 g/mol. The zero-order valence-electron chi connectivity index (χ0n) is 18.7. The van der Waals surface area contributed by atoms with Crippen LogP contribution in [0.15, 0.2) is 39.8 Å². The quantitative estimate of drug-likeness (QED) is 0.436. The van der Waals surface area contributed by atoms with Crippen LogP contribution in [0.1, 0.15) is 69.0 Å². The van der Waals surface area contributed by atoms with Crippen LogP contribution in [0.3, 0.4) is 0 Å². The molecule has 6 heteroatoms. The normalized spacial score (nSPS) is 12.0. The van der Waals surface area contributed by atoms with E-state index < -0.39 is 0 Å². The number of aromatic nitrogens is 1. The van der Waals surface area contributed by atoms with Crippen LogP contribution >= 0.6 is 0 Å². The molecule has 0 radical (unpaired) electrons. The van der Waals surface area contributed by atoms with Crippen molar-refractivity contribution in [2.24, 2.45) is 4.99 Å². The fourth-order valence-corrected chi connectivity index (χ4v) is 3.43. The van der Waals surface area contributed by atoms with Crippen LogP contribution in [0.4, 0.5) is 0 Å². The maximum Gasteiger partial charge on any atom is 0.191 e. The summed E-state index contributed by atoms with van der Waals surface area (Å²) in [5.74, 6) is 2.05. The van der Waals surface area contributed by atoms with Crippen molar-refractivity contribution >= 4 is 5.96 Å². The van der Waals surface area contributed by atoms with Crippen molar-refractivity contribution in [2.45, 2.75) is 66.1 Å². The molecule has 0 aliphatic heterocycles. The lowest BCUT2D eigenvalue weighted by atomic mass is 9.99. The molecule has 0 saturated carbocycles. The molecule has 0 atom stereocenters. The highest BCUT2D eigenvalue weighted by atomic mass is 16.5. The summed E-state index contributed by atoms with van der Waals surface area (Å²) in [6, 6.07) is 10.8. The van der Waals surface area contributed by atoms with E-state index in [-0.39, 0.29) is 0 Å². The predicted octanol–water partition coefficient (Wildman–Crippen LogP) is 4.29. The average Bonchev–Trinajstić information content (AvgIpc) is 3.22. The second-order valence-electron chi connectivity index (χ2n) is 7.29. The largest absolute Gasteiger partial charge is 0.359 e. The predicted molar refractivity (Wildman–Crippen MR) is 120 cm³/mol. The van der Waals surface area contributed by atoms with E-state index in [1.54, 1.807) is 7.05 Å². The van der Waals surface area contributed by atoms with E-state index in [0.29, 0.717) is 12.5 Å². The number of hydrogen-bond donors (Lipinski definition) is 2. The fourth-order valence-electron chi connectivity index (χ4n) is 3.43. The van der Waals surface area contributed by atoms with Crippen LogP contribution in [-0.4, -0.2) is 36.2 Å². The van der Waals surface area contributed by atoms with Crippen LogP contribution in [0.2, 0.25) is 0 Å². The van der Waals surface area contributed by atoms with Gasteiger partial charge in [0, 0.05) is 32.1 Å². The Balaban J connectivity index is 1.86.